The number of benzene rings is 4. The van der Waals surface area contributed by atoms with E-state index in [1.165, 1.54) is 6.08 Å². The van der Waals surface area contributed by atoms with Gasteiger partial charge in [0.05, 0.1) is 10.0 Å². The zero-order valence-corrected chi connectivity index (χ0v) is 20.7. The number of hydrogen-bond donors (Lipinski definition) is 1. The Labute approximate surface area is 214 Å². The molecule has 4 nitrogen and oxygen atoms in total. The molecule has 0 unspecified atom stereocenters. The first kappa shape index (κ1) is 24.3. The first-order valence-electron chi connectivity index (χ1n) is 10.9. The van der Waals surface area contributed by atoms with E-state index in [0.717, 1.165) is 27.5 Å². The van der Waals surface area contributed by atoms with Gasteiger partial charge in [-0.3, -0.25) is 4.79 Å². The van der Waals surface area contributed by atoms with Gasteiger partial charge in [0.25, 0.3) is 5.91 Å². The maximum absolute atomic E-state index is 12.7. The summed E-state index contributed by atoms with van der Waals surface area (Å²) in [5.41, 5.74) is 4.11. The lowest BCUT2D eigenvalue weighted by atomic mass is 10.1. The van der Waals surface area contributed by atoms with Crippen molar-refractivity contribution in [1.82, 2.24) is 0 Å². The van der Waals surface area contributed by atoms with Crippen LogP contribution in [0.15, 0.2) is 78.4 Å². The summed E-state index contributed by atoms with van der Waals surface area (Å²) in [4.78, 5) is 12.7. The minimum Gasteiger partial charge on any atom is -0.486 e. The summed E-state index contributed by atoms with van der Waals surface area (Å²) in [6, 6.07) is 24.9. The highest BCUT2D eigenvalue weighted by molar-refractivity contribution is 6.37. The van der Waals surface area contributed by atoms with Crippen molar-refractivity contribution in [1.29, 1.82) is 5.26 Å². The van der Waals surface area contributed by atoms with E-state index >= 15 is 0 Å². The third kappa shape index (κ3) is 5.66. The van der Waals surface area contributed by atoms with Gasteiger partial charge in [-0.15, -0.1) is 0 Å². The van der Waals surface area contributed by atoms with E-state index in [4.69, 9.17) is 27.9 Å². The molecule has 0 radical (unpaired) electrons. The highest BCUT2D eigenvalue weighted by atomic mass is 35.5. The molecule has 4 aromatic rings. The minimum absolute atomic E-state index is 0.0680. The average Bonchev–Trinajstić information content (AvgIpc) is 2.83. The van der Waals surface area contributed by atoms with E-state index in [9.17, 15) is 10.1 Å². The number of nitriles is 1. The Morgan fingerprint density at radius 3 is 2.43 bits per heavy atom. The van der Waals surface area contributed by atoms with Crippen LogP contribution in [-0.4, -0.2) is 5.91 Å². The first-order chi connectivity index (χ1) is 16.9. The molecule has 6 heteroatoms. The second-order valence-corrected chi connectivity index (χ2v) is 9.00. The van der Waals surface area contributed by atoms with Crippen LogP contribution in [-0.2, 0) is 11.4 Å². The Kier molecular flexibility index (Phi) is 7.41. The van der Waals surface area contributed by atoms with Gasteiger partial charge in [0.1, 0.15) is 18.2 Å². The van der Waals surface area contributed by atoms with Gasteiger partial charge in [-0.2, -0.15) is 5.26 Å². The molecule has 0 saturated carbocycles. The Morgan fingerprint density at radius 1 is 1.00 bits per heavy atom. The summed E-state index contributed by atoms with van der Waals surface area (Å²) in [6.45, 7) is 4.16. The smallest absolute Gasteiger partial charge is 0.266 e. The van der Waals surface area contributed by atoms with Crippen molar-refractivity contribution in [3.05, 3.63) is 111 Å². The van der Waals surface area contributed by atoms with Crippen LogP contribution in [0.1, 0.15) is 22.3 Å². The Hall–Kier alpha value is -3.78. The van der Waals surface area contributed by atoms with Crippen LogP contribution in [0.5, 0.6) is 5.75 Å². The molecule has 0 spiro atoms. The topological polar surface area (TPSA) is 62.1 Å². The van der Waals surface area contributed by atoms with Crippen molar-refractivity contribution < 1.29 is 9.53 Å². The molecule has 1 N–H and O–H groups in total. The number of nitrogens with zero attached hydrogens (tertiary/aromatic N) is 1. The van der Waals surface area contributed by atoms with Crippen LogP contribution in [0.3, 0.4) is 0 Å². The molecule has 0 heterocycles. The number of fused-ring (bicyclic) bond motifs is 1. The molecule has 0 atom stereocenters. The molecule has 174 valence electrons. The summed E-state index contributed by atoms with van der Waals surface area (Å²) in [5, 5.41) is 15.1. The zero-order valence-electron chi connectivity index (χ0n) is 19.2. The van der Waals surface area contributed by atoms with Crippen molar-refractivity contribution in [2.24, 2.45) is 0 Å². The van der Waals surface area contributed by atoms with Crippen molar-refractivity contribution in [2.75, 3.05) is 5.32 Å². The molecule has 35 heavy (non-hydrogen) atoms. The van der Waals surface area contributed by atoms with Gasteiger partial charge in [0.2, 0.25) is 0 Å². The first-order valence-corrected chi connectivity index (χ1v) is 11.7. The molecule has 0 fully saturated rings. The van der Waals surface area contributed by atoms with Crippen molar-refractivity contribution in [3.8, 4) is 11.8 Å². The van der Waals surface area contributed by atoms with Crippen LogP contribution in [0.25, 0.3) is 16.8 Å². The number of rotatable bonds is 6. The fourth-order valence-electron chi connectivity index (χ4n) is 3.83. The average molecular weight is 501 g/mol. The predicted octanol–water partition coefficient (Wildman–Crippen LogP) is 7.89. The molecule has 4 aromatic carbocycles. The van der Waals surface area contributed by atoms with Crippen LogP contribution in [0.2, 0.25) is 10.0 Å². The summed E-state index contributed by atoms with van der Waals surface area (Å²) >= 11 is 12.9. The normalized spacial score (nSPS) is 11.2. The van der Waals surface area contributed by atoms with E-state index in [0.29, 0.717) is 17.0 Å². The molecular weight excluding hydrogens is 479 g/mol. The van der Waals surface area contributed by atoms with E-state index in [2.05, 4.69) is 5.32 Å². The monoisotopic (exact) mass is 500 g/mol. The molecule has 4 rings (SSSR count). The number of ether oxygens (including phenoxy) is 1. The van der Waals surface area contributed by atoms with Crippen LogP contribution in [0.4, 0.5) is 5.69 Å². The van der Waals surface area contributed by atoms with Gasteiger partial charge in [-0.1, -0.05) is 83.4 Å². The number of carbonyl (C=O) groups is 1. The minimum atomic E-state index is -0.511. The van der Waals surface area contributed by atoms with Crippen molar-refractivity contribution in [2.45, 2.75) is 20.5 Å². The molecule has 0 aliphatic carbocycles. The van der Waals surface area contributed by atoms with Crippen molar-refractivity contribution >= 4 is 51.6 Å². The van der Waals surface area contributed by atoms with Crippen molar-refractivity contribution in [3.63, 3.8) is 0 Å². The largest absolute Gasteiger partial charge is 0.486 e. The summed E-state index contributed by atoms with van der Waals surface area (Å²) < 4.78 is 5.97. The number of halogens is 2. The second-order valence-electron chi connectivity index (χ2n) is 8.18. The Morgan fingerprint density at radius 2 is 1.71 bits per heavy atom. The van der Waals surface area contributed by atoms with Gasteiger partial charge in [-0.25, -0.2) is 0 Å². The highest BCUT2D eigenvalue weighted by Crippen LogP contribution is 2.36. The summed E-state index contributed by atoms with van der Waals surface area (Å²) in [6.07, 6.45) is 1.45. The van der Waals surface area contributed by atoms with Gasteiger partial charge in [0.15, 0.2) is 5.75 Å². The summed E-state index contributed by atoms with van der Waals surface area (Å²) in [5.74, 6) is -0.167. The highest BCUT2D eigenvalue weighted by Gasteiger charge is 2.14. The molecule has 0 saturated heterocycles. The molecule has 1 amide bonds. The lowest BCUT2D eigenvalue weighted by molar-refractivity contribution is -0.112. The molecule has 0 bridgehead atoms. The fraction of sp³-hybridized carbons (Fsp3) is 0.103. The molecule has 0 aromatic heterocycles. The zero-order chi connectivity index (χ0) is 24.9. The van der Waals surface area contributed by atoms with E-state index < -0.39 is 5.91 Å². The standard InChI is InChI=1S/C29H22Cl2N2O2/c1-18-10-11-27(19(2)12-18)33-29(34)23(16-32)13-20-14-25(30)28(26(31)15-20)35-17-22-8-5-7-21-6-3-4-9-24(21)22/h3-15H,17H2,1-2H3,(H,33,34)/b23-13+. The number of carbonyl (C=O) groups excluding carboxylic acids is 1. The lowest BCUT2D eigenvalue weighted by Gasteiger charge is -2.13. The third-order valence-corrected chi connectivity index (χ3v) is 6.14. The fourth-order valence-corrected chi connectivity index (χ4v) is 4.44. The Balaban J connectivity index is 1.54. The number of nitrogens with one attached hydrogen (secondary N) is 1. The van der Waals surface area contributed by atoms with Gasteiger partial charge in [0, 0.05) is 5.69 Å². The van der Waals surface area contributed by atoms with E-state index in [-0.39, 0.29) is 22.2 Å². The third-order valence-electron chi connectivity index (χ3n) is 5.58. The van der Waals surface area contributed by atoms with Crippen LogP contribution in [0, 0.1) is 25.2 Å². The second kappa shape index (κ2) is 10.7. The molecular formula is C29H22Cl2N2O2. The maximum Gasteiger partial charge on any atom is 0.266 e. The van der Waals surface area contributed by atoms with Crippen LogP contribution >= 0.6 is 23.2 Å². The van der Waals surface area contributed by atoms with E-state index in [1.54, 1.807) is 12.1 Å². The van der Waals surface area contributed by atoms with Gasteiger partial charge in [-0.05, 0) is 65.6 Å². The quantitative estimate of drug-likeness (QED) is 0.216. The Bertz CT molecular complexity index is 1470. The summed E-state index contributed by atoms with van der Waals surface area (Å²) in [7, 11) is 0. The predicted molar refractivity (Wildman–Crippen MR) is 143 cm³/mol. The van der Waals surface area contributed by atoms with Crippen LogP contribution < -0.4 is 10.1 Å². The van der Waals surface area contributed by atoms with Gasteiger partial charge >= 0.3 is 0 Å². The van der Waals surface area contributed by atoms with Gasteiger partial charge < -0.3 is 10.1 Å². The molecule has 0 aliphatic heterocycles. The number of hydrogen-bond acceptors (Lipinski definition) is 3. The SMILES string of the molecule is Cc1ccc(NC(=O)/C(C#N)=C/c2cc(Cl)c(OCc3cccc4ccccc34)c(Cl)c2)c(C)c1. The number of amides is 1. The van der Waals surface area contributed by atoms with E-state index in [1.807, 2.05) is 80.6 Å². The number of anilines is 1. The lowest BCUT2D eigenvalue weighted by Crippen LogP contribution is -2.14. The molecule has 0 aliphatic rings. The number of aryl methyl sites for hydroxylation is 2. The maximum atomic E-state index is 12.7.